The van der Waals surface area contributed by atoms with Gasteiger partial charge < -0.3 is 25.2 Å². The second-order valence-corrected chi connectivity index (χ2v) is 14.2. The molecule has 3 aromatic rings. The molecular formula is C29H37Cl3N8O3S. The summed E-state index contributed by atoms with van der Waals surface area (Å²) in [5, 5.41) is 6.90. The standard InChI is InChI=1S/C29H37Cl3N8O3S/c1-18-13-25(27(43-3)16-26(18)40-7-5-19(6-8-40)39-11-9-38(2)10-12-39)35-29-33-17-22(32)28(36-29)34-23-14-20(30)21(31)15-24(23)37-44(4,41)42/h13-17,19,37H,5-12H2,1-4H3,(H2,33,34,35,36). The van der Waals surface area contributed by atoms with Crippen LogP contribution in [0.1, 0.15) is 18.4 Å². The Morgan fingerprint density at radius 1 is 0.886 bits per heavy atom. The zero-order valence-corrected chi connectivity index (χ0v) is 28.2. The van der Waals surface area contributed by atoms with Crippen LogP contribution >= 0.6 is 34.8 Å². The number of ether oxygens (including phenoxy) is 1. The molecule has 0 aliphatic carbocycles. The van der Waals surface area contributed by atoms with Gasteiger partial charge in [0.2, 0.25) is 16.0 Å². The second kappa shape index (κ2) is 13.7. The first kappa shape index (κ1) is 32.6. The summed E-state index contributed by atoms with van der Waals surface area (Å²) in [7, 11) is 0.222. The van der Waals surface area contributed by atoms with Crippen molar-refractivity contribution < 1.29 is 13.2 Å². The van der Waals surface area contributed by atoms with Gasteiger partial charge in [0.1, 0.15) is 10.8 Å². The van der Waals surface area contributed by atoms with Crippen molar-refractivity contribution in [3.63, 3.8) is 0 Å². The number of methoxy groups -OCH3 is 1. The van der Waals surface area contributed by atoms with Gasteiger partial charge >= 0.3 is 0 Å². The number of hydrogen-bond acceptors (Lipinski definition) is 10. The maximum absolute atomic E-state index is 11.9. The molecule has 0 radical (unpaired) electrons. The molecule has 3 N–H and O–H groups in total. The van der Waals surface area contributed by atoms with E-state index in [0.717, 1.165) is 69.6 Å². The van der Waals surface area contributed by atoms with Crippen LogP contribution in [0.25, 0.3) is 0 Å². The minimum Gasteiger partial charge on any atom is -0.494 e. The van der Waals surface area contributed by atoms with Gasteiger partial charge in [0.25, 0.3) is 0 Å². The fourth-order valence-electron chi connectivity index (χ4n) is 5.64. The Bertz CT molecular complexity index is 1610. The molecule has 2 aliphatic rings. The molecule has 2 saturated heterocycles. The molecule has 0 spiro atoms. The molecule has 0 bridgehead atoms. The molecule has 2 fully saturated rings. The lowest BCUT2D eigenvalue weighted by Crippen LogP contribution is -2.52. The van der Waals surface area contributed by atoms with E-state index < -0.39 is 10.0 Å². The summed E-state index contributed by atoms with van der Waals surface area (Å²) in [6.45, 7) is 8.63. The summed E-state index contributed by atoms with van der Waals surface area (Å²) in [5.41, 5.74) is 3.44. The van der Waals surface area contributed by atoms with Crippen LogP contribution in [0.2, 0.25) is 15.1 Å². The van der Waals surface area contributed by atoms with Crippen molar-refractivity contribution in [1.82, 2.24) is 19.8 Å². The molecular weight excluding hydrogens is 647 g/mol. The van der Waals surface area contributed by atoms with Gasteiger partial charge in [-0.25, -0.2) is 13.4 Å². The predicted molar refractivity (Wildman–Crippen MR) is 181 cm³/mol. The minimum atomic E-state index is -3.60. The van der Waals surface area contributed by atoms with Gasteiger partial charge in [0, 0.05) is 57.1 Å². The van der Waals surface area contributed by atoms with Crippen LogP contribution in [0.3, 0.4) is 0 Å². The summed E-state index contributed by atoms with van der Waals surface area (Å²) in [6, 6.07) is 7.61. The number of nitrogens with one attached hydrogen (secondary N) is 3. The fraction of sp³-hybridized carbons (Fsp3) is 0.448. The van der Waals surface area contributed by atoms with E-state index in [1.165, 1.54) is 18.3 Å². The SMILES string of the molecule is COc1cc(N2CCC(N3CCN(C)CC3)CC2)c(C)cc1Nc1ncc(Cl)c(Nc2cc(Cl)c(Cl)cc2NS(C)(=O)=O)n1. The van der Waals surface area contributed by atoms with E-state index >= 15 is 0 Å². The molecule has 3 heterocycles. The van der Waals surface area contributed by atoms with Crippen molar-refractivity contribution in [1.29, 1.82) is 0 Å². The molecule has 44 heavy (non-hydrogen) atoms. The van der Waals surface area contributed by atoms with E-state index in [-0.39, 0.29) is 32.5 Å². The molecule has 2 aliphatic heterocycles. The average molecular weight is 684 g/mol. The van der Waals surface area contributed by atoms with Gasteiger partial charge in [-0.15, -0.1) is 0 Å². The van der Waals surface area contributed by atoms with Crippen LogP contribution in [-0.2, 0) is 10.0 Å². The molecule has 0 unspecified atom stereocenters. The first-order valence-corrected chi connectivity index (χ1v) is 17.3. The van der Waals surface area contributed by atoms with Crippen molar-refractivity contribution in [2.75, 3.05) is 79.9 Å². The van der Waals surface area contributed by atoms with Crippen LogP contribution in [0.15, 0.2) is 30.5 Å². The summed E-state index contributed by atoms with van der Waals surface area (Å²) >= 11 is 18.8. The summed E-state index contributed by atoms with van der Waals surface area (Å²) in [4.78, 5) is 16.4. The van der Waals surface area contributed by atoms with E-state index in [1.54, 1.807) is 7.11 Å². The number of hydrogen-bond donors (Lipinski definition) is 3. The maximum Gasteiger partial charge on any atom is 0.229 e. The van der Waals surface area contributed by atoms with Crippen molar-refractivity contribution in [3.8, 4) is 5.75 Å². The minimum absolute atomic E-state index is 0.185. The third kappa shape index (κ3) is 7.91. The number of nitrogens with zero attached hydrogens (tertiary/aromatic N) is 5. The molecule has 11 nitrogen and oxygen atoms in total. The number of anilines is 6. The van der Waals surface area contributed by atoms with Crippen molar-refractivity contribution in [2.45, 2.75) is 25.8 Å². The van der Waals surface area contributed by atoms with E-state index in [1.807, 2.05) is 6.07 Å². The first-order valence-electron chi connectivity index (χ1n) is 14.3. The second-order valence-electron chi connectivity index (χ2n) is 11.2. The average Bonchev–Trinajstić information content (AvgIpc) is 2.97. The Hall–Kier alpha value is -2.74. The number of rotatable bonds is 9. The van der Waals surface area contributed by atoms with E-state index in [4.69, 9.17) is 39.5 Å². The van der Waals surface area contributed by atoms with Gasteiger partial charge in [0.05, 0.1) is 46.7 Å². The molecule has 0 saturated carbocycles. The molecule has 15 heteroatoms. The Morgan fingerprint density at radius 3 is 2.18 bits per heavy atom. The van der Waals surface area contributed by atoms with E-state index in [9.17, 15) is 8.42 Å². The van der Waals surface area contributed by atoms with Crippen molar-refractivity contribution in [3.05, 3.63) is 51.1 Å². The summed E-state index contributed by atoms with van der Waals surface area (Å²) < 4.78 is 32.1. The Labute approximate surface area is 273 Å². The largest absolute Gasteiger partial charge is 0.494 e. The highest BCUT2D eigenvalue weighted by Crippen LogP contribution is 2.38. The number of aromatic nitrogens is 2. The Balaban J connectivity index is 1.32. The van der Waals surface area contributed by atoms with Crippen molar-refractivity contribution in [2.24, 2.45) is 0 Å². The molecule has 238 valence electrons. The lowest BCUT2D eigenvalue weighted by atomic mass is 10.0. The third-order valence-corrected chi connectivity index (χ3v) is 9.57. The number of benzene rings is 2. The van der Waals surface area contributed by atoms with Gasteiger partial charge in [-0.3, -0.25) is 9.62 Å². The predicted octanol–water partition coefficient (Wildman–Crippen LogP) is 5.83. The first-order chi connectivity index (χ1) is 20.9. The topological polar surface area (TPSA) is 115 Å². The Morgan fingerprint density at radius 2 is 1.55 bits per heavy atom. The van der Waals surface area contributed by atoms with Gasteiger partial charge in [-0.1, -0.05) is 34.8 Å². The van der Waals surface area contributed by atoms with Crippen LogP contribution < -0.4 is 25.0 Å². The quantitative estimate of drug-likeness (QED) is 0.255. The molecule has 2 aromatic carbocycles. The molecule has 5 rings (SSSR count). The van der Waals surface area contributed by atoms with E-state index in [2.05, 4.69) is 60.1 Å². The number of likely N-dealkylation sites (N-methyl/N-ethyl adjacent to an activating group) is 1. The number of piperidine rings is 1. The summed E-state index contributed by atoms with van der Waals surface area (Å²) in [5.74, 6) is 1.15. The van der Waals surface area contributed by atoms with E-state index in [0.29, 0.717) is 23.2 Å². The maximum atomic E-state index is 11.9. The molecule has 1 aromatic heterocycles. The normalized spacial score (nSPS) is 17.0. The van der Waals surface area contributed by atoms with Gasteiger partial charge in [-0.05, 0) is 50.6 Å². The van der Waals surface area contributed by atoms with Gasteiger partial charge in [0.15, 0.2) is 5.82 Å². The number of aryl methyl sites for hydroxylation is 1. The monoisotopic (exact) mass is 682 g/mol. The van der Waals surface area contributed by atoms with Crippen LogP contribution in [0, 0.1) is 6.92 Å². The molecule has 0 atom stereocenters. The van der Waals surface area contributed by atoms with Crippen molar-refractivity contribution >= 4 is 79.3 Å². The van der Waals surface area contributed by atoms with Gasteiger partial charge in [-0.2, -0.15) is 4.98 Å². The summed E-state index contributed by atoms with van der Waals surface area (Å²) in [6.07, 6.45) is 4.76. The number of sulfonamides is 1. The highest BCUT2D eigenvalue weighted by atomic mass is 35.5. The van der Waals surface area contributed by atoms with Crippen LogP contribution in [0.4, 0.5) is 34.5 Å². The number of piperazine rings is 1. The lowest BCUT2D eigenvalue weighted by molar-refractivity contribution is 0.0982. The number of halogens is 3. The van der Waals surface area contributed by atoms with Crippen LogP contribution in [-0.4, -0.2) is 93.9 Å². The Kier molecular flexibility index (Phi) is 10.2. The zero-order chi connectivity index (χ0) is 31.6. The zero-order valence-electron chi connectivity index (χ0n) is 25.1. The lowest BCUT2D eigenvalue weighted by Gasteiger charge is -2.43. The third-order valence-electron chi connectivity index (χ3n) is 7.98. The van der Waals surface area contributed by atoms with Crippen LogP contribution in [0.5, 0.6) is 5.75 Å². The fourth-order valence-corrected chi connectivity index (χ4v) is 6.68. The highest BCUT2D eigenvalue weighted by Gasteiger charge is 2.28. The smallest absolute Gasteiger partial charge is 0.229 e. The molecule has 0 amide bonds. The highest BCUT2D eigenvalue weighted by molar-refractivity contribution is 7.92.